The van der Waals surface area contributed by atoms with Crippen LogP contribution < -0.4 is 124 Å². The standard InChI is InChI=1S/C27H24N5O9S3.Cu.4Na.2H2O4S.O3S/c1-4-42(35,36)16-6-12-24(33)22(14-16)30-29-21-11-8-18-19(27(21)34)9-10-20(28-3)26(18)32-31-23-15-17(43(37,38)5-2)7-13-25(23)44(39,40)41;;;;;;2*1-5(2,3)4;1-4(2)3/h6-10,12-15,28,33-34H,1-2,4-5H2,3H3,(H,39,40,41);;;;;;2*(H2,1,2,3,4);/q-3;;4*+1;;;/p-3. The number of nitrogens with zero attached hydrogens (tertiary/aromatic N) is 4. The van der Waals surface area contributed by atoms with Gasteiger partial charge in [0.15, 0.2) is 19.7 Å². The Morgan fingerprint density at radius 3 is 1.49 bits per heavy atom. The molecule has 5 N–H and O–H groups in total. The molecule has 4 rings (SSSR count). The van der Waals surface area contributed by atoms with Gasteiger partial charge in [-0.05, 0) is 42.5 Å². The average Bonchev–Trinajstić information content (AvgIpc) is 3.08. The van der Waals surface area contributed by atoms with Crippen LogP contribution in [0.3, 0.4) is 0 Å². The molecule has 0 bridgehead atoms. The van der Waals surface area contributed by atoms with Gasteiger partial charge >= 0.3 is 129 Å². The first-order valence-electron chi connectivity index (χ1n) is 14.2. The summed E-state index contributed by atoms with van der Waals surface area (Å²) in [6.45, 7) is 6.71. The van der Waals surface area contributed by atoms with Crippen molar-refractivity contribution in [1.29, 1.82) is 0 Å². The smallest absolute Gasteiger partial charge is 0.744 e. The number of aromatic hydroxyl groups is 2. The molecule has 36 heteroatoms. The molecular formula is C27H25CuN5Na4O20S6-2. The molecule has 0 aliphatic carbocycles. The summed E-state index contributed by atoms with van der Waals surface area (Å²) >= 11 is 0. The summed E-state index contributed by atoms with van der Waals surface area (Å²) in [5, 5.41) is 40.1. The van der Waals surface area contributed by atoms with Gasteiger partial charge in [-0.2, -0.15) is 27.5 Å². The maximum atomic E-state index is 12.3. The number of fused-ring (bicyclic) bond motifs is 1. The van der Waals surface area contributed by atoms with Crippen LogP contribution in [0.1, 0.15) is 0 Å². The van der Waals surface area contributed by atoms with Gasteiger partial charge < -0.3 is 43.0 Å². The Labute approximate surface area is 461 Å². The predicted molar refractivity (Wildman–Crippen MR) is 194 cm³/mol. The summed E-state index contributed by atoms with van der Waals surface area (Å²) in [6.07, 6.45) is 0. The van der Waals surface area contributed by atoms with Gasteiger partial charge in [0.2, 0.25) is 20.8 Å². The normalized spacial score (nSPS) is 11.2. The maximum Gasteiger partial charge on any atom is 1.00 e. The van der Waals surface area contributed by atoms with E-state index in [2.05, 4.69) is 45.7 Å². The molecular weight excluding hydrogens is 1060 g/mol. The van der Waals surface area contributed by atoms with Gasteiger partial charge in [-0.25, -0.2) is 42.1 Å². The molecule has 0 saturated heterocycles. The Morgan fingerprint density at radius 2 is 1.08 bits per heavy atom. The van der Waals surface area contributed by atoms with Crippen molar-refractivity contribution in [3.05, 3.63) is 74.5 Å². The van der Waals surface area contributed by atoms with Crippen LogP contribution in [0.4, 0.5) is 28.4 Å². The van der Waals surface area contributed by atoms with E-state index in [1.165, 1.54) is 24.3 Å². The van der Waals surface area contributed by atoms with Crippen LogP contribution in [0, 0.1) is 19.9 Å². The van der Waals surface area contributed by atoms with Crippen LogP contribution in [0.5, 0.6) is 11.5 Å². The van der Waals surface area contributed by atoms with E-state index < -0.39 is 89.0 Å². The predicted octanol–water partition coefficient (Wildman–Crippen LogP) is -9.94. The Hall–Kier alpha value is -0.571. The summed E-state index contributed by atoms with van der Waals surface area (Å²) < 4.78 is 175. The van der Waals surface area contributed by atoms with Crippen LogP contribution in [0.25, 0.3) is 10.8 Å². The number of hydrogen-bond acceptors (Lipinski definition) is 23. The van der Waals surface area contributed by atoms with Crippen molar-refractivity contribution in [2.24, 2.45) is 20.5 Å². The number of anilines is 1. The second kappa shape index (κ2) is 30.7. The Kier molecular flexibility index (Phi) is 34.8. The van der Waals surface area contributed by atoms with E-state index in [9.17, 15) is 40.0 Å². The van der Waals surface area contributed by atoms with E-state index in [-0.39, 0.29) is 179 Å². The molecule has 4 aromatic rings. The molecule has 0 aliphatic rings. The largest absolute Gasteiger partial charge is 1.00 e. The summed E-state index contributed by atoms with van der Waals surface area (Å²) in [4.78, 5) is -1.26. The van der Waals surface area contributed by atoms with Crippen molar-refractivity contribution >= 4 is 100 Å². The van der Waals surface area contributed by atoms with Crippen LogP contribution in [0.2, 0.25) is 0 Å². The molecule has 0 atom stereocenters. The number of azo groups is 2. The summed E-state index contributed by atoms with van der Waals surface area (Å²) in [7, 11) is -24.1. The minimum Gasteiger partial charge on any atom is -0.744 e. The molecule has 0 amide bonds. The van der Waals surface area contributed by atoms with Gasteiger partial charge in [-0.3, -0.25) is 9.11 Å². The Bertz CT molecular complexity index is 2880. The minimum absolute atomic E-state index is 0. The number of phenols is 2. The van der Waals surface area contributed by atoms with Gasteiger partial charge in [-0.15, -0.1) is 17.7 Å². The quantitative estimate of drug-likeness (QED) is 0.0324. The number of hydrogen-bond donors (Lipinski definition) is 5. The molecule has 0 fully saturated rings. The van der Waals surface area contributed by atoms with Gasteiger partial charge in [-0.1, -0.05) is 28.3 Å². The fourth-order valence-electron chi connectivity index (χ4n) is 3.88. The minimum atomic E-state index is -5.08. The first kappa shape index (κ1) is 71.4. The molecule has 0 aliphatic heterocycles. The van der Waals surface area contributed by atoms with Crippen molar-refractivity contribution in [2.75, 3.05) is 23.9 Å². The van der Waals surface area contributed by atoms with E-state index in [1.807, 2.05) is 0 Å². The third kappa shape index (κ3) is 26.0. The number of sulfone groups is 2. The molecule has 331 valence electrons. The van der Waals surface area contributed by atoms with Gasteiger partial charge in [0.1, 0.15) is 27.2 Å². The van der Waals surface area contributed by atoms with Crippen LogP contribution in [-0.2, 0) is 78.3 Å². The topological polar surface area (TPSA) is 433 Å². The second-order valence-corrected chi connectivity index (χ2v) is 17.7. The zero-order chi connectivity index (χ0) is 45.0. The van der Waals surface area contributed by atoms with E-state index >= 15 is 0 Å². The molecule has 63 heavy (non-hydrogen) atoms. The summed E-state index contributed by atoms with van der Waals surface area (Å²) in [5.41, 5.74) is -0.503. The maximum absolute atomic E-state index is 12.3. The number of benzene rings is 4. The first-order chi connectivity index (χ1) is 26.4. The number of rotatable bonds is 10. The van der Waals surface area contributed by atoms with E-state index in [0.717, 1.165) is 30.3 Å². The average molecular weight is 1090 g/mol. The zero-order valence-corrected chi connectivity index (χ0v) is 46.7. The van der Waals surface area contributed by atoms with E-state index in [1.54, 1.807) is 7.05 Å². The SMILES string of the molecule is O=S(=O)([O-])O.O=S(=O)([O-])O.O=S(=O)=O.[CH2-]CS(=O)(=O)c1ccc(O)c(N=Nc2[c-]cc3c(N=Nc4cc(S(=O)(=O)C[CH2-])ccc4S(=O)(=O)[O-])c(NC)ccc3c2O)c1.[Cu].[Na+].[Na+].[Na+].[Na+]. The van der Waals surface area contributed by atoms with E-state index in [4.69, 9.17) is 47.7 Å². The summed E-state index contributed by atoms with van der Waals surface area (Å²) in [6, 6.07) is 13.2. The molecule has 0 aromatic heterocycles. The van der Waals surface area contributed by atoms with Crippen molar-refractivity contribution < 1.29 is 223 Å². The monoisotopic (exact) mass is 1090 g/mol. The van der Waals surface area contributed by atoms with Crippen LogP contribution in [0.15, 0.2) is 89.7 Å². The Balaban J connectivity index is -0.000000515. The van der Waals surface area contributed by atoms with Crippen molar-refractivity contribution in [1.82, 2.24) is 0 Å². The molecule has 1 radical (unpaired) electrons. The van der Waals surface area contributed by atoms with Gasteiger partial charge in [0.05, 0.1) is 20.4 Å². The summed E-state index contributed by atoms with van der Waals surface area (Å²) in [5.74, 6) is -1.76. The Morgan fingerprint density at radius 1 is 0.667 bits per heavy atom. The number of phenolic OH excluding ortho intramolecular Hbond substituents is 2. The van der Waals surface area contributed by atoms with Gasteiger partial charge in [0, 0.05) is 41.2 Å². The molecule has 0 saturated carbocycles. The van der Waals surface area contributed by atoms with Crippen LogP contribution in [-0.4, -0.2) is 106 Å². The van der Waals surface area contributed by atoms with Crippen molar-refractivity contribution in [2.45, 2.75) is 14.7 Å². The first-order valence-corrected chi connectivity index (χ1v) is 22.6. The van der Waals surface area contributed by atoms with Crippen LogP contribution >= 0.6 is 0 Å². The van der Waals surface area contributed by atoms with Crippen molar-refractivity contribution in [3.63, 3.8) is 0 Å². The van der Waals surface area contributed by atoms with Crippen molar-refractivity contribution in [3.8, 4) is 11.5 Å². The molecule has 0 heterocycles. The fourth-order valence-corrected chi connectivity index (χ4v) is 6.08. The molecule has 0 spiro atoms. The molecule has 25 nitrogen and oxygen atoms in total. The fraction of sp³-hybridized carbons (Fsp3) is 0.111. The number of nitrogens with one attached hydrogen (secondary N) is 1. The van der Waals surface area contributed by atoms with Gasteiger partial charge in [0.25, 0.3) is 0 Å². The third-order valence-corrected chi connectivity index (χ3v) is 10.1. The zero-order valence-electron chi connectivity index (χ0n) is 32.9. The third-order valence-electron chi connectivity index (χ3n) is 6.24. The van der Waals surface area contributed by atoms with E-state index in [0.29, 0.717) is 5.69 Å². The molecule has 0 unspecified atom stereocenters. The molecule has 4 aromatic carbocycles. The second-order valence-electron chi connectivity index (χ2n) is 9.99.